The molecule has 0 unspecified atom stereocenters. The van der Waals surface area contributed by atoms with E-state index in [4.69, 9.17) is 26.1 Å². The molecule has 0 aliphatic heterocycles. The minimum Gasteiger partial charge on any atom is -0.457 e. The Bertz CT molecular complexity index is 1080. The summed E-state index contributed by atoms with van der Waals surface area (Å²) in [6.07, 6.45) is 1.47. The number of H-pyrrole nitrogens is 1. The molecule has 2 heterocycles. The maximum Gasteiger partial charge on any atom is 0.277 e. The van der Waals surface area contributed by atoms with Gasteiger partial charge in [-0.05, 0) is 48.5 Å². The lowest BCUT2D eigenvalue weighted by Crippen LogP contribution is -1.86. The van der Waals surface area contributed by atoms with Gasteiger partial charge < -0.3 is 9.26 Å². The number of aromatic nitrogens is 4. The Morgan fingerprint density at radius 3 is 2.35 bits per heavy atom. The Hall–Kier alpha value is -3.63. The zero-order valence-corrected chi connectivity index (χ0v) is 13.9. The van der Waals surface area contributed by atoms with Gasteiger partial charge >= 0.3 is 0 Å². The third kappa shape index (κ3) is 3.14. The fourth-order valence-electron chi connectivity index (χ4n) is 2.27. The number of hydrogen-bond donors (Lipinski definition) is 1. The van der Waals surface area contributed by atoms with Gasteiger partial charge in [-0.2, -0.15) is 15.3 Å². The molecule has 7 nitrogen and oxygen atoms in total. The minimum absolute atomic E-state index is 0.264. The zero-order valence-electron chi connectivity index (χ0n) is 13.2. The fraction of sp³-hybridized carbons (Fsp3) is 0. The van der Waals surface area contributed by atoms with Gasteiger partial charge in [-0.1, -0.05) is 16.8 Å². The molecule has 1 N–H and O–H groups in total. The molecule has 0 amide bonds. The number of nitriles is 1. The second-order valence-electron chi connectivity index (χ2n) is 5.28. The third-order valence-electron chi connectivity index (χ3n) is 3.56. The predicted octanol–water partition coefficient (Wildman–Crippen LogP) is 4.44. The van der Waals surface area contributed by atoms with Gasteiger partial charge in [0.25, 0.3) is 5.89 Å². The van der Waals surface area contributed by atoms with Gasteiger partial charge in [0.05, 0.1) is 22.9 Å². The number of rotatable bonds is 4. The van der Waals surface area contributed by atoms with Gasteiger partial charge in [0.2, 0.25) is 5.82 Å². The molecular formula is C18H10ClN5O2. The molecule has 8 heteroatoms. The highest BCUT2D eigenvalue weighted by molar-refractivity contribution is 6.32. The molecule has 0 atom stereocenters. The molecule has 2 aromatic carbocycles. The molecule has 0 fully saturated rings. The van der Waals surface area contributed by atoms with Gasteiger partial charge in [0.15, 0.2) is 0 Å². The number of halogens is 1. The molecule has 2 aromatic heterocycles. The average Bonchev–Trinajstić information content (AvgIpc) is 3.32. The maximum atomic E-state index is 8.81. The van der Waals surface area contributed by atoms with Crippen molar-refractivity contribution >= 4 is 11.6 Å². The largest absolute Gasteiger partial charge is 0.457 e. The van der Waals surface area contributed by atoms with Crippen LogP contribution in [0, 0.1) is 11.3 Å². The highest BCUT2D eigenvalue weighted by atomic mass is 35.5. The van der Waals surface area contributed by atoms with Gasteiger partial charge in [0, 0.05) is 5.56 Å². The molecule has 126 valence electrons. The summed E-state index contributed by atoms with van der Waals surface area (Å²) >= 11 is 5.99. The molecule has 0 aliphatic rings. The normalized spacial score (nSPS) is 10.5. The van der Waals surface area contributed by atoms with Crippen molar-refractivity contribution < 1.29 is 9.26 Å². The first-order chi connectivity index (χ1) is 12.7. The van der Waals surface area contributed by atoms with E-state index in [0.717, 1.165) is 5.56 Å². The average molecular weight is 364 g/mol. The molecular weight excluding hydrogens is 354 g/mol. The topological polar surface area (TPSA) is 101 Å². The highest BCUT2D eigenvalue weighted by Crippen LogP contribution is 2.28. The second kappa shape index (κ2) is 6.70. The van der Waals surface area contributed by atoms with Crippen LogP contribution in [0.25, 0.3) is 23.0 Å². The van der Waals surface area contributed by atoms with Crippen molar-refractivity contribution in [3.63, 3.8) is 0 Å². The molecule has 0 aliphatic carbocycles. The van der Waals surface area contributed by atoms with Crippen molar-refractivity contribution in [2.45, 2.75) is 0 Å². The van der Waals surface area contributed by atoms with Crippen LogP contribution in [-0.4, -0.2) is 20.3 Å². The van der Waals surface area contributed by atoms with E-state index >= 15 is 0 Å². The molecule has 4 aromatic rings. The Labute approximate surface area is 152 Å². The first-order valence-corrected chi connectivity index (χ1v) is 7.92. The molecule has 0 radical (unpaired) electrons. The number of benzene rings is 2. The fourth-order valence-corrected chi connectivity index (χ4v) is 2.44. The van der Waals surface area contributed by atoms with Crippen LogP contribution in [0.15, 0.2) is 59.3 Å². The number of ether oxygens (including phenoxy) is 1. The Morgan fingerprint density at radius 1 is 1.04 bits per heavy atom. The number of hydrogen-bond acceptors (Lipinski definition) is 6. The van der Waals surface area contributed by atoms with Crippen LogP contribution in [0.4, 0.5) is 0 Å². The van der Waals surface area contributed by atoms with Gasteiger partial charge in [-0.15, -0.1) is 0 Å². The van der Waals surface area contributed by atoms with E-state index in [9.17, 15) is 0 Å². The summed E-state index contributed by atoms with van der Waals surface area (Å²) in [5, 5.41) is 19.7. The third-order valence-corrected chi connectivity index (χ3v) is 3.85. The Kier molecular flexibility index (Phi) is 4.09. The van der Waals surface area contributed by atoms with Gasteiger partial charge in [0.1, 0.15) is 17.2 Å². The smallest absolute Gasteiger partial charge is 0.277 e. The minimum atomic E-state index is 0.264. The summed E-state index contributed by atoms with van der Waals surface area (Å²) in [6, 6.07) is 16.2. The summed E-state index contributed by atoms with van der Waals surface area (Å²) < 4.78 is 11.0. The standard InChI is InChI=1S/C18H10ClN5O2/c19-15-10-21-23-16(15)18-22-17(24-26-18)12-3-7-14(8-4-12)25-13-5-1-11(9-20)2-6-13/h1-8,10H,(H,21,23). The quantitative estimate of drug-likeness (QED) is 0.575. The molecule has 0 spiro atoms. The number of nitrogens with zero attached hydrogens (tertiary/aromatic N) is 4. The zero-order chi connectivity index (χ0) is 17.9. The van der Waals surface area contributed by atoms with Crippen LogP contribution in [-0.2, 0) is 0 Å². The summed E-state index contributed by atoms with van der Waals surface area (Å²) in [5.74, 6) is 1.99. The van der Waals surface area contributed by atoms with Crippen molar-refractivity contribution in [1.29, 1.82) is 5.26 Å². The summed E-state index contributed by atoms with van der Waals surface area (Å²) in [6.45, 7) is 0. The van der Waals surface area contributed by atoms with E-state index in [-0.39, 0.29) is 5.89 Å². The van der Waals surface area contributed by atoms with Crippen LogP contribution < -0.4 is 4.74 Å². The highest BCUT2D eigenvalue weighted by Gasteiger charge is 2.15. The molecule has 0 bridgehead atoms. The summed E-state index contributed by atoms with van der Waals surface area (Å²) in [5.41, 5.74) is 1.83. The van der Waals surface area contributed by atoms with Crippen LogP contribution in [0.3, 0.4) is 0 Å². The molecule has 26 heavy (non-hydrogen) atoms. The lowest BCUT2D eigenvalue weighted by molar-refractivity contribution is 0.431. The summed E-state index contributed by atoms with van der Waals surface area (Å²) in [7, 11) is 0. The first kappa shape index (κ1) is 15.9. The van der Waals surface area contributed by atoms with E-state index in [1.54, 1.807) is 36.4 Å². The SMILES string of the molecule is N#Cc1ccc(Oc2ccc(-c3noc(-c4[nH]ncc4Cl)n3)cc2)cc1. The number of nitrogens with one attached hydrogen (secondary N) is 1. The van der Waals surface area contributed by atoms with E-state index in [1.807, 2.05) is 12.1 Å². The van der Waals surface area contributed by atoms with Crippen molar-refractivity contribution in [3.8, 4) is 40.5 Å². The van der Waals surface area contributed by atoms with Crippen molar-refractivity contribution in [1.82, 2.24) is 20.3 Å². The van der Waals surface area contributed by atoms with Crippen LogP contribution in [0.1, 0.15) is 5.56 Å². The molecule has 0 saturated heterocycles. The van der Waals surface area contributed by atoms with Crippen LogP contribution in [0.5, 0.6) is 11.5 Å². The van der Waals surface area contributed by atoms with Crippen LogP contribution >= 0.6 is 11.6 Å². The van der Waals surface area contributed by atoms with Crippen molar-refractivity contribution in [3.05, 3.63) is 65.3 Å². The Balaban J connectivity index is 1.52. The van der Waals surface area contributed by atoms with E-state index < -0.39 is 0 Å². The molecule has 4 rings (SSSR count). The maximum absolute atomic E-state index is 8.81. The van der Waals surface area contributed by atoms with Gasteiger partial charge in [-0.3, -0.25) is 5.10 Å². The lowest BCUT2D eigenvalue weighted by Gasteiger charge is -2.05. The first-order valence-electron chi connectivity index (χ1n) is 7.54. The van der Waals surface area contributed by atoms with Crippen LogP contribution in [0.2, 0.25) is 5.02 Å². The van der Waals surface area contributed by atoms with Crippen molar-refractivity contribution in [2.24, 2.45) is 0 Å². The lowest BCUT2D eigenvalue weighted by atomic mass is 10.2. The van der Waals surface area contributed by atoms with E-state index in [2.05, 4.69) is 26.4 Å². The second-order valence-corrected chi connectivity index (χ2v) is 5.69. The molecule has 0 saturated carbocycles. The monoisotopic (exact) mass is 363 g/mol. The predicted molar refractivity (Wildman–Crippen MR) is 93.6 cm³/mol. The van der Waals surface area contributed by atoms with Crippen molar-refractivity contribution in [2.75, 3.05) is 0 Å². The van der Waals surface area contributed by atoms with E-state index in [1.165, 1.54) is 6.20 Å². The number of aromatic amines is 1. The summed E-state index contributed by atoms with van der Waals surface area (Å²) in [4.78, 5) is 4.31. The van der Waals surface area contributed by atoms with Gasteiger partial charge in [-0.25, -0.2) is 0 Å². The Morgan fingerprint density at radius 2 is 1.73 bits per heavy atom. The van der Waals surface area contributed by atoms with E-state index in [0.29, 0.717) is 33.6 Å².